The molecule has 1 aromatic carbocycles. The lowest BCUT2D eigenvalue weighted by atomic mass is 9.84. The summed E-state index contributed by atoms with van der Waals surface area (Å²) in [6.07, 6.45) is 6.26. The number of sulfonamides is 1. The Morgan fingerprint density at radius 1 is 1.00 bits per heavy atom. The second-order valence-corrected chi connectivity index (χ2v) is 10.2. The van der Waals surface area contributed by atoms with Gasteiger partial charge >= 0.3 is 0 Å². The molecule has 0 aromatic heterocycles. The third kappa shape index (κ3) is 4.58. The molecule has 1 aromatic rings. The van der Waals surface area contributed by atoms with Crippen LogP contribution in [0.2, 0.25) is 0 Å². The van der Waals surface area contributed by atoms with E-state index in [1.807, 2.05) is 19.1 Å². The number of piperazine rings is 1. The van der Waals surface area contributed by atoms with E-state index in [0.717, 1.165) is 0 Å². The quantitative estimate of drug-likeness (QED) is 0.753. The molecule has 0 bridgehead atoms. The molecule has 156 valence electrons. The molecule has 28 heavy (non-hydrogen) atoms. The van der Waals surface area contributed by atoms with Crippen LogP contribution in [0.25, 0.3) is 0 Å². The van der Waals surface area contributed by atoms with Crippen LogP contribution >= 0.6 is 0 Å². The van der Waals surface area contributed by atoms with Crippen molar-refractivity contribution in [1.29, 1.82) is 0 Å². The third-order valence-electron chi connectivity index (χ3n) is 6.21. The Morgan fingerprint density at radius 2 is 1.57 bits per heavy atom. The molecule has 1 saturated heterocycles. The van der Waals surface area contributed by atoms with E-state index in [-0.39, 0.29) is 11.9 Å². The summed E-state index contributed by atoms with van der Waals surface area (Å²) < 4.78 is 27.6. The molecule has 1 atom stereocenters. The molecule has 6 nitrogen and oxygen atoms in total. The van der Waals surface area contributed by atoms with Gasteiger partial charge in [0, 0.05) is 40.3 Å². The Balaban J connectivity index is 1.63. The Morgan fingerprint density at radius 3 is 2.11 bits per heavy atom. The van der Waals surface area contributed by atoms with Crippen molar-refractivity contribution in [3.05, 3.63) is 29.8 Å². The van der Waals surface area contributed by atoms with Gasteiger partial charge in [-0.3, -0.25) is 9.69 Å². The van der Waals surface area contributed by atoms with Crippen molar-refractivity contribution in [3.8, 4) is 0 Å². The molecule has 0 unspecified atom stereocenters. The smallest absolute Gasteiger partial charge is 0.243 e. The Labute approximate surface area is 169 Å². The van der Waals surface area contributed by atoms with Crippen molar-refractivity contribution in [2.75, 3.05) is 40.3 Å². The van der Waals surface area contributed by atoms with E-state index in [4.69, 9.17) is 0 Å². The van der Waals surface area contributed by atoms with Crippen LogP contribution in [-0.4, -0.2) is 74.7 Å². The lowest BCUT2D eigenvalue weighted by molar-refractivity contribution is -0.134. The number of nitrogens with zero attached hydrogens (tertiary/aromatic N) is 3. The van der Waals surface area contributed by atoms with Crippen LogP contribution in [0.5, 0.6) is 0 Å². The van der Waals surface area contributed by atoms with E-state index >= 15 is 0 Å². The topological polar surface area (TPSA) is 60.9 Å². The highest BCUT2D eigenvalue weighted by Gasteiger charge is 2.32. The minimum atomic E-state index is -3.48. The summed E-state index contributed by atoms with van der Waals surface area (Å²) >= 11 is 0. The first-order chi connectivity index (χ1) is 13.3. The summed E-state index contributed by atoms with van der Waals surface area (Å²) in [5, 5.41) is 0. The molecular weight excluding hydrogens is 374 g/mol. The number of benzene rings is 1. The van der Waals surface area contributed by atoms with Crippen molar-refractivity contribution in [2.45, 2.75) is 55.9 Å². The molecule has 7 heteroatoms. The molecule has 1 heterocycles. The first-order valence-electron chi connectivity index (χ1n) is 10.4. The summed E-state index contributed by atoms with van der Waals surface area (Å²) in [4.78, 5) is 16.2. The van der Waals surface area contributed by atoms with E-state index in [9.17, 15) is 13.2 Å². The van der Waals surface area contributed by atoms with Crippen LogP contribution in [0, 0.1) is 0 Å². The minimum Gasteiger partial charge on any atom is -0.347 e. The van der Waals surface area contributed by atoms with Gasteiger partial charge in [0.25, 0.3) is 0 Å². The maximum Gasteiger partial charge on any atom is 0.243 e. The Kier molecular flexibility index (Phi) is 6.78. The number of carbonyl (C=O) groups excluding carboxylic acids is 1. The number of hydrogen-bond donors (Lipinski definition) is 0. The van der Waals surface area contributed by atoms with Gasteiger partial charge in [-0.05, 0) is 43.4 Å². The SMILES string of the molecule is C[C@H](C(=O)N(C)C)N1CCN(S(=O)(=O)c2ccc(C3CCCCC3)cc2)CC1. The van der Waals surface area contributed by atoms with Gasteiger partial charge < -0.3 is 4.90 Å². The summed E-state index contributed by atoms with van der Waals surface area (Å²) in [6.45, 7) is 3.85. The predicted octanol–water partition coefficient (Wildman–Crippen LogP) is 2.52. The van der Waals surface area contributed by atoms with Crippen LogP contribution in [0.3, 0.4) is 0 Å². The highest BCUT2D eigenvalue weighted by atomic mass is 32.2. The summed E-state index contributed by atoms with van der Waals surface area (Å²) in [6, 6.07) is 7.30. The molecule has 1 amide bonds. The third-order valence-corrected chi connectivity index (χ3v) is 8.13. The summed E-state index contributed by atoms with van der Waals surface area (Å²) in [7, 11) is 0.00920. The molecule has 1 saturated carbocycles. The maximum atomic E-state index is 13.0. The second-order valence-electron chi connectivity index (χ2n) is 8.25. The summed E-state index contributed by atoms with van der Waals surface area (Å²) in [5.74, 6) is 0.624. The molecule has 0 radical (unpaired) electrons. The Bertz CT molecular complexity index is 763. The van der Waals surface area contributed by atoms with Crippen molar-refractivity contribution < 1.29 is 13.2 Å². The van der Waals surface area contributed by atoms with Crippen molar-refractivity contribution in [2.24, 2.45) is 0 Å². The van der Waals surface area contributed by atoms with E-state index in [1.54, 1.807) is 35.4 Å². The minimum absolute atomic E-state index is 0.0506. The van der Waals surface area contributed by atoms with E-state index in [0.29, 0.717) is 37.0 Å². The molecule has 2 fully saturated rings. The fraction of sp³-hybridized carbons (Fsp3) is 0.667. The first-order valence-corrected chi connectivity index (χ1v) is 11.8. The van der Waals surface area contributed by atoms with Crippen LogP contribution in [0.15, 0.2) is 29.2 Å². The second kappa shape index (κ2) is 8.93. The van der Waals surface area contributed by atoms with Gasteiger partial charge in [-0.25, -0.2) is 8.42 Å². The molecule has 1 aliphatic heterocycles. The number of carbonyl (C=O) groups is 1. The van der Waals surface area contributed by atoms with Gasteiger partial charge in [0.05, 0.1) is 10.9 Å². The first kappa shape index (κ1) is 21.3. The molecule has 1 aliphatic carbocycles. The number of hydrogen-bond acceptors (Lipinski definition) is 4. The predicted molar refractivity (Wildman–Crippen MR) is 111 cm³/mol. The van der Waals surface area contributed by atoms with Crippen LogP contribution in [-0.2, 0) is 14.8 Å². The summed E-state index contributed by atoms with van der Waals surface area (Å²) in [5.41, 5.74) is 1.26. The fourth-order valence-corrected chi connectivity index (χ4v) is 5.78. The van der Waals surface area contributed by atoms with E-state index < -0.39 is 10.0 Å². The zero-order chi connectivity index (χ0) is 20.3. The number of likely N-dealkylation sites (N-methyl/N-ethyl adjacent to an activating group) is 1. The average molecular weight is 408 g/mol. The Hall–Kier alpha value is -1.44. The lowest BCUT2D eigenvalue weighted by Crippen LogP contribution is -2.54. The van der Waals surface area contributed by atoms with E-state index in [2.05, 4.69) is 4.90 Å². The van der Waals surface area contributed by atoms with Gasteiger partial charge in [-0.2, -0.15) is 4.31 Å². The number of amides is 1. The van der Waals surface area contributed by atoms with Crippen molar-refractivity contribution in [1.82, 2.24) is 14.1 Å². The molecule has 2 aliphatic rings. The highest BCUT2D eigenvalue weighted by Crippen LogP contribution is 2.33. The van der Waals surface area contributed by atoms with Crippen LogP contribution in [0.1, 0.15) is 50.5 Å². The zero-order valence-corrected chi connectivity index (χ0v) is 18.1. The van der Waals surface area contributed by atoms with Gasteiger partial charge in [0.15, 0.2) is 0 Å². The van der Waals surface area contributed by atoms with Gasteiger partial charge in [-0.15, -0.1) is 0 Å². The van der Waals surface area contributed by atoms with Crippen molar-refractivity contribution >= 4 is 15.9 Å². The van der Waals surface area contributed by atoms with E-state index in [1.165, 1.54) is 37.7 Å². The van der Waals surface area contributed by atoms with Gasteiger partial charge in [0.2, 0.25) is 15.9 Å². The van der Waals surface area contributed by atoms with Gasteiger partial charge in [-0.1, -0.05) is 31.4 Å². The van der Waals surface area contributed by atoms with Crippen LogP contribution in [0.4, 0.5) is 0 Å². The standard InChI is InChI=1S/C21H33N3O3S/c1-17(21(25)22(2)3)23-13-15-24(16-14-23)28(26,27)20-11-9-19(10-12-20)18-7-5-4-6-8-18/h9-12,17-18H,4-8,13-16H2,1-3H3/t17-/m1/s1. The molecule has 0 spiro atoms. The molecule has 0 N–H and O–H groups in total. The molecule has 3 rings (SSSR count). The average Bonchev–Trinajstić information content (AvgIpc) is 2.73. The lowest BCUT2D eigenvalue weighted by Gasteiger charge is -2.37. The fourth-order valence-electron chi connectivity index (χ4n) is 4.36. The normalized spacial score (nSPS) is 21.4. The van der Waals surface area contributed by atoms with Crippen LogP contribution < -0.4 is 0 Å². The van der Waals surface area contributed by atoms with Gasteiger partial charge in [0.1, 0.15) is 0 Å². The highest BCUT2D eigenvalue weighted by molar-refractivity contribution is 7.89. The molecular formula is C21H33N3O3S. The number of rotatable bonds is 5. The zero-order valence-electron chi connectivity index (χ0n) is 17.3. The monoisotopic (exact) mass is 407 g/mol. The largest absolute Gasteiger partial charge is 0.347 e. The maximum absolute atomic E-state index is 13.0. The van der Waals surface area contributed by atoms with Crippen molar-refractivity contribution in [3.63, 3.8) is 0 Å².